The monoisotopic (exact) mass is 466 g/mol. The number of aliphatic hydroxyl groups excluding tert-OH is 2. The molecule has 0 amide bonds. The summed E-state index contributed by atoms with van der Waals surface area (Å²) in [4.78, 5) is 1.07. The van der Waals surface area contributed by atoms with Crippen LogP contribution in [0, 0.1) is 33.5 Å². The van der Waals surface area contributed by atoms with Crippen molar-refractivity contribution in [2.75, 3.05) is 0 Å². The molecule has 4 aliphatic carbocycles. The second-order valence-electron chi connectivity index (χ2n) is 10.6. The van der Waals surface area contributed by atoms with E-state index in [2.05, 4.69) is 41.5 Å². The van der Waals surface area contributed by atoms with Crippen molar-refractivity contribution in [3.63, 3.8) is 0 Å². The van der Waals surface area contributed by atoms with E-state index in [1.54, 1.807) is 0 Å². The molecule has 4 bridgehead atoms. The van der Waals surface area contributed by atoms with E-state index in [1.807, 2.05) is 0 Å². The summed E-state index contributed by atoms with van der Waals surface area (Å²) >= 11 is 1.02. The summed E-state index contributed by atoms with van der Waals surface area (Å²) in [7, 11) is 0. The number of hydrogen-bond acceptors (Lipinski definition) is 2. The van der Waals surface area contributed by atoms with Gasteiger partial charge in [0, 0.05) is 0 Å². The van der Waals surface area contributed by atoms with Gasteiger partial charge in [-0.3, -0.25) is 0 Å². The molecule has 0 aromatic heterocycles. The van der Waals surface area contributed by atoms with Crippen LogP contribution in [0.4, 0.5) is 0 Å². The maximum absolute atomic E-state index is 11.1. The quantitative estimate of drug-likeness (QED) is 0.628. The van der Waals surface area contributed by atoms with Gasteiger partial charge in [-0.05, 0) is 0 Å². The van der Waals surface area contributed by atoms with E-state index in [4.69, 9.17) is 0 Å². The van der Waals surface area contributed by atoms with Gasteiger partial charge in [-0.25, -0.2) is 0 Å². The molecule has 0 spiro atoms. The van der Waals surface area contributed by atoms with Gasteiger partial charge >= 0.3 is 159 Å². The van der Waals surface area contributed by atoms with E-state index in [0.29, 0.717) is 47.7 Å². The Kier molecular flexibility index (Phi) is 4.02. The Bertz CT molecular complexity index is 500. The first kappa shape index (κ1) is 18.3. The van der Waals surface area contributed by atoms with E-state index >= 15 is 0 Å². The van der Waals surface area contributed by atoms with Gasteiger partial charge in [0.15, 0.2) is 0 Å². The van der Waals surface area contributed by atoms with Crippen LogP contribution in [-0.4, -0.2) is 48.7 Å². The normalized spacial score (nSPS) is 57.0. The minimum atomic E-state index is -0.104. The number of fused-ring (bicyclic) bond motifs is 4. The Morgan fingerprint density at radius 3 is 1.25 bits per heavy atom. The van der Waals surface area contributed by atoms with Gasteiger partial charge in [-0.1, -0.05) is 0 Å². The second-order valence-corrected chi connectivity index (χ2v) is 17.9. The van der Waals surface area contributed by atoms with Crippen LogP contribution in [0.15, 0.2) is 0 Å². The molecule has 0 saturated heterocycles. The number of aliphatic hydroxyl groups is 2. The molecule has 4 heteroatoms. The average Bonchev–Trinajstić information content (AvgIpc) is 2.97. The fourth-order valence-corrected chi connectivity index (χ4v) is 19.7. The minimum absolute atomic E-state index is 0.104. The molecule has 4 aliphatic rings. The first-order valence-corrected chi connectivity index (χ1v) is 16.0. The van der Waals surface area contributed by atoms with E-state index in [0.717, 1.165) is 0 Å². The van der Waals surface area contributed by atoms with Gasteiger partial charge < -0.3 is 0 Å². The number of hydrogen-bond donors (Lipinski definition) is 2. The third-order valence-corrected chi connectivity index (χ3v) is 19.4. The zero-order chi connectivity index (χ0) is 17.7. The van der Waals surface area contributed by atoms with E-state index in [-0.39, 0.29) is 33.9 Å². The van der Waals surface area contributed by atoms with Gasteiger partial charge in [0.2, 0.25) is 0 Å². The molecule has 0 unspecified atom stereocenters. The maximum atomic E-state index is 11.1. The second kappa shape index (κ2) is 5.27. The molecule has 0 heterocycles. The van der Waals surface area contributed by atoms with Crippen LogP contribution in [0.1, 0.15) is 67.2 Å². The van der Waals surface area contributed by atoms with Gasteiger partial charge in [-0.15, -0.1) is 0 Å². The summed E-state index contributed by atoms with van der Waals surface area (Å²) in [6.45, 7) is 14.2. The Morgan fingerprint density at radius 2 is 1.00 bits per heavy atom. The first-order chi connectivity index (χ1) is 11.0. The van der Waals surface area contributed by atoms with Crippen LogP contribution in [-0.2, 0) is 0 Å². The molecule has 2 nitrogen and oxygen atoms in total. The summed E-state index contributed by atoms with van der Waals surface area (Å²) in [6.07, 6.45) is 4.81. The van der Waals surface area contributed by atoms with Crippen molar-refractivity contribution in [2.45, 2.75) is 89.1 Å². The Hall–Kier alpha value is 0.959. The molecule has 138 valence electrons. The van der Waals surface area contributed by atoms with Gasteiger partial charge in [0.05, 0.1) is 0 Å². The van der Waals surface area contributed by atoms with Gasteiger partial charge in [0.1, 0.15) is 0 Å². The van der Waals surface area contributed by atoms with Crippen LogP contribution >= 0.6 is 0 Å². The predicted molar refractivity (Wildman–Crippen MR) is 100 cm³/mol. The zero-order valence-electron chi connectivity index (χ0n) is 16.0. The molecular weight excluding hydrogens is 430 g/mol. The Morgan fingerprint density at radius 1 is 0.667 bits per heavy atom. The Balaban J connectivity index is 1.50. The van der Waals surface area contributed by atoms with Crippen molar-refractivity contribution < 1.29 is 10.2 Å². The third-order valence-electron chi connectivity index (χ3n) is 9.75. The van der Waals surface area contributed by atoms with E-state index in [9.17, 15) is 10.2 Å². The zero-order valence-corrected chi connectivity index (χ0v) is 19.4. The van der Waals surface area contributed by atoms with Crippen LogP contribution in [0.5, 0.6) is 0 Å². The van der Waals surface area contributed by atoms with Crippen molar-refractivity contribution >= 4 is 26.3 Å². The number of rotatable bonds is 3. The van der Waals surface area contributed by atoms with Crippen LogP contribution in [0.2, 0.25) is 9.63 Å². The summed E-state index contributed by atoms with van der Waals surface area (Å²) < 4.78 is 0. The van der Waals surface area contributed by atoms with E-state index < -0.39 is 0 Å². The molecule has 4 rings (SSSR count). The summed E-state index contributed by atoms with van der Waals surface area (Å²) in [6, 6.07) is 0. The summed E-state index contributed by atoms with van der Waals surface area (Å²) in [5, 5.41) is 22.1. The molecule has 4 fully saturated rings. The third kappa shape index (κ3) is 1.92. The topological polar surface area (TPSA) is 40.5 Å². The van der Waals surface area contributed by atoms with Crippen molar-refractivity contribution in [3.05, 3.63) is 0 Å². The first-order valence-electron chi connectivity index (χ1n) is 9.67. The van der Waals surface area contributed by atoms with Crippen LogP contribution < -0.4 is 0 Å². The SMILES string of the molecule is CC1(C)[C@@H]2CC[C@@]1(C)[C@H](O)[C@H]2[Se][Se][C@H]1[C@H]2CC[C@@](C)([C@@H]1O)C2(C)C. The van der Waals surface area contributed by atoms with Gasteiger partial charge in [0.25, 0.3) is 0 Å². The van der Waals surface area contributed by atoms with Crippen molar-refractivity contribution in [1.29, 1.82) is 0 Å². The predicted octanol–water partition coefficient (Wildman–Crippen LogP) is 3.52. The van der Waals surface area contributed by atoms with E-state index in [1.165, 1.54) is 25.7 Å². The molecule has 2 N–H and O–H groups in total. The standard InChI is InChI=1S/C20H34O2Se2/c1-17(2)11-7-9-19(17,5)15(21)13(11)23-24-14-12-8-10-20(6,16(14)22)18(12,3)4/h11-16,21-22H,7-10H2,1-6H3/t11-,12-,13+,14+,15-,16-,19+,20+/m1/s1. The molecule has 0 aromatic rings. The molecule has 0 aromatic carbocycles. The fraction of sp³-hybridized carbons (Fsp3) is 1.00. The van der Waals surface area contributed by atoms with Crippen LogP contribution in [0.25, 0.3) is 0 Å². The average molecular weight is 464 g/mol. The molecule has 0 aliphatic heterocycles. The molecule has 8 atom stereocenters. The van der Waals surface area contributed by atoms with Crippen molar-refractivity contribution in [2.24, 2.45) is 33.5 Å². The summed E-state index contributed by atoms with van der Waals surface area (Å²) in [5.74, 6) is 1.41. The van der Waals surface area contributed by atoms with Crippen molar-refractivity contribution in [1.82, 2.24) is 0 Å². The molecule has 4 saturated carbocycles. The molecule has 0 radical (unpaired) electrons. The summed E-state index contributed by atoms with van der Waals surface area (Å²) in [5.41, 5.74) is 0.818. The van der Waals surface area contributed by atoms with Gasteiger partial charge in [-0.2, -0.15) is 0 Å². The molecular formula is C20H34O2Se2. The molecule has 24 heavy (non-hydrogen) atoms. The fourth-order valence-electron chi connectivity index (χ4n) is 6.86. The Labute approximate surface area is 158 Å². The van der Waals surface area contributed by atoms with Crippen molar-refractivity contribution in [3.8, 4) is 0 Å². The van der Waals surface area contributed by atoms with Crippen LogP contribution in [0.3, 0.4) is 0 Å².